The van der Waals surface area contributed by atoms with Crippen LogP contribution in [0.3, 0.4) is 0 Å². The monoisotopic (exact) mass is 433 g/mol. The highest BCUT2D eigenvalue weighted by atomic mass is 16.2. The topological polar surface area (TPSA) is 158 Å². The van der Waals surface area contributed by atoms with Gasteiger partial charge >= 0.3 is 0 Å². The summed E-state index contributed by atoms with van der Waals surface area (Å²) in [5, 5.41) is 23.9. The molecule has 164 valence electrons. The Labute approximate surface area is 183 Å². The van der Waals surface area contributed by atoms with E-state index in [9.17, 15) is 14.9 Å². The Morgan fingerprint density at radius 2 is 2.19 bits per heavy atom. The molecule has 3 aromatic rings. The van der Waals surface area contributed by atoms with E-state index >= 15 is 0 Å². The second-order valence-corrected chi connectivity index (χ2v) is 8.50. The van der Waals surface area contributed by atoms with Crippen molar-refractivity contribution in [1.29, 1.82) is 5.26 Å². The van der Waals surface area contributed by atoms with Gasteiger partial charge < -0.3 is 16.0 Å². The highest BCUT2D eigenvalue weighted by Crippen LogP contribution is 2.47. The van der Waals surface area contributed by atoms with E-state index in [2.05, 4.69) is 38.6 Å². The molecule has 11 heteroatoms. The highest BCUT2D eigenvalue weighted by Gasteiger charge is 2.54. The summed E-state index contributed by atoms with van der Waals surface area (Å²) >= 11 is 0. The predicted octanol–water partition coefficient (Wildman–Crippen LogP) is 1.17. The number of carbonyl (C=O) groups excluding carboxylic acids is 2. The maximum atomic E-state index is 12.9. The standard InChI is InChI=1S/C21H23N9O2/c1-2-12-8-29(20(32)21(11-22)3-4-21)9-15(12)27-17-14(18(23)31)7-26-30-10-16(28-19(17)30)13-5-24-25-6-13/h5-7,10,12,15,27H,2-4,8-9H2,1H3,(H2,23,31)(H,24,25)/t12?,15-/m1/s1. The number of aromatic nitrogens is 5. The Hall–Kier alpha value is -3.94. The molecule has 2 amide bonds. The van der Waals surface area contributed by atoms with E-state index in [-0.39, 0.29) is 23.4 Å². The maximum absolute atomic E-state index is 12.9. The van der Waals surface area contributed by atoms with E-state index in [4.69, 9.17) is 5.73 Å². The van der Waals surface area contributed by atoms with Crippen LogP contribution in [0, 0.1) is 22.7 Å². The molecule has 1 saturated heterocycles. The number of amides is 2. The molecule has 2 fully saturated rings. The largest absolute Gasteiger partial charge is 0.376 e. The quantitative estimate of drug-likeness (QED) is 0.526. The zero-order valence-corrected chi connectivity index (χ0v) is 17.6. The van der Waals surface area contributed by atoms with Crippen LogP contribution < -0.4 is 11.1 Å². The number of hydrogen-bond acceptors (Lipinski definition) is 7. The number of nitrogens with zero attached hydrogens (tertiary/aromatic N) is 6. The molecule has 5 rings (SSSR count). The van der Waals surface area contributed by atoms with Crippen molar-refractivity contribution in [2.45, 2.75) is 32.2 Å². The van der Waals surface area contributed by atoms with Gasteiger partial charge in [-0.25, -0.2) is 9.50 Å². The van der Waals surface area contributed by atoms with E-state index in [1.807, 2.05) is 0 Å². The number of nitriles is 1. The molecule has 0 radical (unpaired) electrons. The molecule has 3 aromatic heterocycles. The lowest BCUT2D eigenvalue weighted by molar-refractivity contribution is -0.134. The first-order chi connectivity index (χ1) is 15.5. The molecule has 32 heavy (non-hydrogen) atoms. The second-order valence-electron chi connectivity index (χ2n) is 8.50. The highest BCUT2D eigenvalue weighted by molar-refractivity contribution is 6.01. The second kappa shape index (κ2) is 7.33. The molecule has 4 N–H and O–H groups in total. The van der Waals surface area contributed by atoms with Crippen molar-refractivity contribution in [2.24, 2.45) is 17.1 Å². The number of nitrogens with two attached hydrogens (primary N) is 1. The normalized spacial score (nSPS) is 21.4. The van der Waals surface area contributed by atoms with E-state index in [0.717, 1.165) is 12.0 Å². The number of imidazole rings is 1. The Balaban J connectivity index is 1.49. The van der Waals surface area contributed by atoms with Gasteiger partial charge in [0.25, 0.3) is 5.91 Å². The van der Waals surface area contributed by atoms with Crippen LogP contribution in [0.5, 0.6) is 0 Å². The molecule has 1 saturated carbocycles. The first-order valence-electron chi connectivity index (χ1n) is 10.6. The number of fused-ring (bicyclic) bond motifs is 1. The van der Waals surface area contributed by atoms with Crippen LogP contribution in [-0.4, -0.2) is 60.6 Å². The van der Waals surface area contributed by atoms with Gasteiger partial charge in [0.1, 0.15) is 5.41 Å². The van der Waals surface area contributed by atoms with Crippen LogP contribution in [0.4, 0.5) is 5.69 Å². The molecule has 4 heterocycles. The molecule has 0 spiro atoms. The fraction of sp³-hybridized carbons (Fsp3) is 0.429. The average molecular weight is 433 g/mol. The van der Waals surface area contributed by atoms with Crippen molar-refractivity contribution < 1.29 is 9.59 Å². The van der Waals surface area contributed by atoms with Gasteiger partial charge in [-0.05, 0) is 25.2 Å². The molecule has 0 aromatic carbocycles. The minimum atomic E-state index is -0.849. The zero-order valence-electron chi connectivity index (χ0n) is 17.6. The summed E-state index contributed by atoms with van der Waals surface area (Å²) in [7, 11) is 0. The third-order valence-electron chi connectivity index (χ3n) is 6.51. The minimum absolute atomic E-state index is 0.0965. The molecular formula is C21H23N9O2. The van der Waals surface area contributed by atoms with Crippen LogP contribution in [-0.2, 0) is 4.79 Å². The molecule has 1 aliphatic carbocycles. The van der Waals surface area contributed by atoms with Gasteiger partial charge in [0.15, 0.2) is 5.65 Å². The number of primary amides is 1. The fourth-order valence-electron chi connectivity index (χ4n) is 4.39. The van der Waals surface area contributed by atoms with Crippen LogP contribution in [0.25, 0.3) is 16.9 Å². The number of hydrogen-bond donors (Lipinski definition) is 3. The summed E-state index contributed by atoms with van der Waals surface area (Å²) in [6.45, 7) is 3.08. The number of rotatable bonds is 6. The molecule has 0 bridgehead atoms. The number of likely N-dealkylation sites (tertiary alicyclic amines) is 1. The minimum Gasteiger partial charge on any atom is -0.376 e. The first kappa shape index (κ1) is 20.0. The smallest absolute Gasteiger partial charge is 0.252 e. The van der Waals surface area contributed by atoms with E-state index in [1.54, 1.807) is 28.0 Å². The van der Waals surface area contributed by atoms with Crippen molar-refractivity contribution in [1.82, 2.24) is 29.7 Å². The SMILES string of the molecule is CCC1CN(C(=O)C2(C#N)CC2)C[C@H]1Nc1c(C(N)=O)cnn2cc(-c3cn[nH]c3)nc12. The van der Waals surface area contributed by atoms with Gasteiger partial charge in [-0.2, -0.15) is 15.5 Å². The van der Waals surface area contributed by atoms with Crippen molar-refractivity contribution in [2.75, 3.05) is 18.4 Å². The van der Waals surface area contributed by atoms with E-state index in [0.29, 0.717) is 43.0 Å². The summed E-state index contributed by atoms with van der Waals surface area (Å²) in [5.74, 6) is -0.553. The third kappa shape index (κ3) is 3.15. The van der Waals surface area contributed by atoms with E-state index < -0.39 is 11.3 Å². The number of aromatic amines is 1. The number of H-pyrrole nitrogens is 1. The molecule has 2 aliphatic rings. The average Bonchev–Trinajstić information content (AvgIpc) is 3.16. The Bertz CT molecular complexity index is 1240. The summed E-state index contributed by atoms with van der Waals surface area (Å²) in [6, 6.07) is 2.07. The van der Waals surface area contributed by atoms with Crippen LogP contribution in [0.1, 0.15) is 36.5 Å². The lowest BCUT2D eigenvalue weighted by Gasteiger charge is -2.21. The van der Waals surface area contributed by atoms with Gasteiger partial charge in [0, 0.05) is 30.9 Å². The predicted molar refractivity (Wildman–Crippen MR) is 114 cm³/mol. The summed E-state index contributed by atoms with van der Waals surface area (Å²) < 4.78 is 1.59. The van der Waals surface area contributed by atoms with Crippen molar-refractivity contribution >= 4 is 23.1 Å². The molecule has 2 atom stereocenters. The fourth-order valence-corrected chi connectivity index (χ4v) is 4.39. The first-order valence-corrected chi connectivity index (χ1v) is 10.6. The summed E-state index contributed by atoms with van der Waals surface area (Å²) in [4.78, 5) is 31.5. The lowest BCUT2D eigenvalue weighted by Crippen LogP contribution is -2.36. The molecular weight excluding hydrogens is 410 g/mol. The van der Waals surface area contributed by atoms with Gasteiger partial charge in [-0.15, -0.1) is 0 Å². The molecule has 1 unspecified atom stereocenters. The van der Waals surface area contributed by atoms with Gasteiger partial charge in [0.05, 0.1) is 41.6 Å². The number of carbonyl (C=O) groups is 2. The van der Waals surface area contributed by atoms with Gasteiger partial charge in [0.2, 0.25) is 5.91 Å². The molecule has 1 aliphatic heterocycles. The van der Waals surface area contributed by atoms with Gasteiger partial charge in [-0.1, -0.05) is 6.92 Å². The van der Waals surface area contributed by atoms with Crippen LogP contribution in [0.2, 0.25) is 0 Å². The van der Waals surface area contributed by atoms with Gasteiger partial charge in [-0.3, -0.25) is 14.7 Å². The van der Waals surface area contributed by atoms with Crippen LogP contribution >= 0.6 is 0 Å². The third-order valence-corrected chi connectivity index (χ3v) is 6.51. The zero-order chi connectivity index (χ0) is 22.5. The Morgan fingerprint density at radius 3 is 2.81 bits per heavy atom. The van der Waals surface area contributed by atoms with E-state index in [1.165, 1.54) is 6.20 Å². The Kier molecular flexibility index (Phi) is 4.58. The summed E-state index contributed by atoms with van der Waals surface area (Å²) in [5.41, 5.74) is 7.41. The number of nitrogens with one attached hydrogen (secondary N) is 2. The summed E-state index contributed by atoms with van der Waals surface area (Å²) in [6.07, 6.45) is 8.63. The molecule has 11 nitrogen and oxygen atoms in total. The van der Waals surface area contributed by atoms with Crippen molar-refractivity contribution in [3.8, 4) is 17.3 Å². The maximum Gasteiger partial charge on any atom is 0.252 e. The Morgan fingerprint density at radius 1 is 1.38 bits per heavy atom. The van der Waals surface area contributed by atoms with Crippen molar-refractivity contribution in [3.63, 3.8) is 0 Å². The number of anilines is 1. The van der Waals surface area contributed by atoms with Crippen LogP contribution in [0.15, 0.2) is 24.8 Å². The van der Waals surface area contributed by atoms with Crippen molar-refractivity contribution in [3.05, 3.63) is 30.4 Å². The lowest BCUT2D eigenvalue weighted by atomic mass is 10.0.